The minimum Gasteiger partial charge on any atom is -0.394 e. The lowest BCUT2D eigenvalue weighted by Crippen LogP contribution is -2.47. The highest BCUT2D eigenvalue weighted by molar-refractivity contribution is 9.10. The van der Waals surface area contributed by atoms with E-state index in [2.05, 4.69) is 51.7 Å². The zero-order valence-corrected chi connectivity index (χ0v) is 13.3. The summed E-state index contributed by atoms with van der Waals surface area (Å²) in [6.07, 6.45) is 0.808. The summed E-state index contributed by atoms with van der Waals surface area (Å²) in [5.41, 5.74) is 0.927. The molecule has 2 N–H and O–H groups in total. The number of hydrogen-bond acceptors (Lipinski definition) is 3. The molecule has 0 saturated heterocycles. The number of benzene rings is 1. The van der Waals surface area contributed by atoms with Crippen LogP contribution in [0.5, 0.6) is 0 Å². The average molecular weight is 340 g/mol. The molecule has 0 aliphatic carbocycles. The smallest absolute Gasteiger partial charge is 0.0613 e. The minimum atomic E-state index is -0.294. The third-order valence-electron chi connectivity index (χ3n) is 3.13. The number of rotatable bonds is 6. The van der Waals surface area contributed by atoms with Crippen LogP contribution >= 0.6 is 27.3 Å². The quantitative estimate of drug-likeness (QED) is 0.842. The van der Waals surface area contributed by atoms with Crippen molar-refractivity contribution in [3.63, 3.8) is 0 Å². The molecule has 0 fully saturated rings. The predicted molar refractivity (Wildman–Crippen MR) is 84.5 cm³/mol. The van der Waals surface area contributed by atoms with Crippen LogP contribution in [-0.4, -0.2) is 17.3 Å². The SMILES string of the molecule is CC(CO)(Cc1ccc(Br)cc1)NCc1cccs1. The van der Waals surface area contributed by atoms with Crippen molar-refractivity contribution in [3.05, 3.63) is 56.7 Å². The lowest BCUT2D eigenvalue weighted by Gasteiger charge is -2.29. The maximum Gasteiger partial charge on any atom is 0.0613 e. The number of aliphatic hydroxyl groups is 1. The van der Waals surface area contributed by atoms with Gasteiger partial charge in [-0.2, -0.15) is 0 Å². The molecule has 4 heteroatoms. The molecule has 2 rings (SSSR count). The average Bonchev–Trinajstić information content (AvgIpc) is 2.93. The summed E-state index contributed by atoms with van der Waals surface area (Å²) in [6, 6.07) is 12.4. The van der Waals surface area contributed by atoms with Gasteiger partial charge >= 0.3 is 0 Å². The summed E-state index contributed by atoms with van der Waals surface area (Å²) in [5.74, 6) is 0. The Balaban J connectivity index is 1.98. The van der Waals surface area contributed by atoms with Crippen molar-refractivity contribution in [2.24, 2.45) is 0 Å². The molecule has 1 atom stereocenters. The standard InChI is InChI=1S/C15H18BrNOS/c1-15(11-18,17-10-14-3-2-8-19-14)9-12-4-6-13(16)7-5-12/h2-8,17-18H,9-11H2,1H3. The topological polar surface area (TPSA) is 32.3 Å². The fraction of sp³-hybridized carbons (Fsp3) is 0.333. The minimum absolute atomic E-state index is 0.119. The van der Waals surface area contributed by atoms with Crippen LogP contribution in [0.15, 0.2) is 46.3 Å². The molecule has 1 aromatic carbocycles. The monoisotopic (exact) mass is 339 g/mol. The van der Waals surface area contributed by atoms with Crippen LogP contribution < -0.4 is 5.32 Å². The van der Waals surface area contributed by atoms with E-state index in [1.54, 1.807) is 11.3 Å². The largest absolute Gasteiger partial charge is 0.394 e. The third-order valence-corrected chi connectivity index (χ3v) is 4.53. The van der Waals surface area contributed by atoms with E-state index in [0.717, 1.165) is 17.4 Å². The predicted octanol–water partition coefficient (Wildman–Crippen LogP) is 3.59. The van der Waals surface area contributed by atoms with Crippen molar-refractivity contribution in [3.8, 4) is 0 Å². The van der Waals surface area contributed by atoms with E-state index in [4.69, 9.17) is 0 Å². The Morgan fingerprint density at radius 1 is 1.26 bits per heavy atom. The van der Waals surface area contributed by atoms with E-state index in [9.17, 15) is 5.11 Å². The highest BCUT2D eigenvalue weighted by Crippen LogP contribution is 2.18. The van der Waals surface area contributed by atoms with E-state index < -0.39 is 0 Å². The van der Waals surface area contributed by atoms with Gasteiger partial charge in [-0.1, -0.05) is 34.1 Å². The Morgan fingerprint density at radius 2 is 2.00 bits per heavy atom. The van der Waals surface area contributed by atoms with Crippen LogP contribution in [0.4, 0.5) is 0 Å². The molecule has 0 amide bonds. The number of halogens is 1. The Kier molecular flexibility index (Phi) is 5.16. The number of aliphatic hydroxyl groups excluding tert-OH is 1. The van der Waals surface area contributed by atoms with Gasteiger partial charge in [-0.25, -0.2) is 0 Å². The molecule has 102 valence electrons. The van der Waals surface area contributed by atoms with Gasteiger partial charge in [-0.05, 0) is 42.5 Å². The van der Waals surface area contributed by atoms with Crippen LogP contribution in [0.2, 0.25) is 0 Å². The molecule has 0 aliphatic rings. The molecule has 19 heavy (non-hydrogen) atoms. The molecule has 0 radical (unpaired) electrons. The molecule has 1 unspecified atom stereocenters. The molecule has 0 bridgehead atoms. The molecule has 0 spiro atoms. The lowest BCUT2D eigenvalue weighted by molar-refractivity contribution is 0.172. The first kappa shape index (κ1) is 14.7. The van der Waals surface area contributed by atoms with Gasteiger partial charge in [-0.15, -0.1) is 11.3 Å². The summed E-state index contributed by atoms with van der Waals surface area (Å²) in [6.45, 7) is 2.97. The van der Waals surface area contributed by atoms with Gasteiger partial charge < -0.3 is 10.4 Å². The summed E-state index contributed by atoms with van der Waals surface area (Å²) < 4.78 is 1.08. The van der Waals surface area contributed by atoms with Crippen LogP contribution in [0, 0.1) is 0 Å². The molecule has 2 nitrogen and oxygen atoms in total. The summed E-state index contributed by atoms with van der Waals surface area (Å²) >= 11 is 5.17. The maximum atomic E-state index is 9.66. The van der Waals surface area contributed by atoms with Crippen LogP contribution in [-0.2, 0) is 13.0 Å². The molecule has 0 saturated carbocycles. The van der Waals surface area contributed by atoms with Crippen molar-refractivity contribution in [1.82, 2.24) is 5.32 Å². The van der Waals surface area contributed by atoms with Crippen LogP contribution in [0.3, 0.4) is 0 Å². The Morgan fingerprint density at radius 3 is 2.58 bits per heavy atom. The number of hydrogen-bond donors (Lipinski definition) is 2. The first-order chi connectivity index (χ1) is 9.11. The second-order valence-corrected chi connectivity index (χ2v) is 6.90. The molecular formula is C15H18BrNOS. The van der Waals surface area contributed by atoms with Gasteiger partial charge in [0.25, 0.3) is 0 Å². The van der Waals surface area contributed by atoms with Crippen LogP contribution in [0.1, 0.15) is 17.4 Å². The van der Waals surface area contributed by atoms with Crippen molar-refractivity contribution >= 4 is 27.3 Å². The Hall–Kier alpha value is -0.680. The summed E-state index contributed by atoms with van der Waals surface area (Å²) in [7, 11) is 0. The van der Waals surface area contributed by atoms with Gasteiger partial charge in [0, 0.05) is 21.4 Å². The maximum absolute atomic E-state index is 9.66. The van der Waals surface area contributed by atoms with Gasteiger partial charge in [0.2, 0.25) is 0 Å². The first-order valence-corrected chi connectivity index (χ1v) is 7.91. The second kappa shape index (κ2) is 6.66. The first-order valence-electron chi connectivity index (χ1n) is 6.24. The molecule has 0 aliphatic heterocycles. The van der Waals surface area contributed by atoms with Crippen molar-refractivity contribution in [1.29, 1.82) is 0 Å². The van der Waals surface area contributed by atoms with Gasteiger partial charge in [0.05, 0.1) is 6.61 Å². The summed E-state index contributed by atoms with van der Waals surface area (Å²) in [5, 5.41) is 15.2. The number of thiophene rings is 1. The van der Waals surface area contributed by atoms with E-state index >= 15 is 0 Å². The third kappa shape index (κ3) is 4.42. The van der Waals surface area contributed by atoms with Crippen molar-refractivity contribution in [2.45, 2.75) is 25.4 Å². The fourth-order valence-corrected chi connectivity index (χ4v) is 2.85. The van der Waals surface area contributed by atoms with Gasteiger partial charge in [0.1, 0.15) is 0 Å². The Labute approximate surface area is 126 Å². The highest BCUT2D eigenvalue weighted by atomic mass is 79.9. The van der Waals surface area contributed by atoms with E-state index in [-0.39, 0.29) is 12.1 Å². The van der Waals surface area contributed by atoms with Gasteiger partial charge in [-0.3, -0.25) is 0 Å². The van der Waals surface area contributed by atoms with Crippen molar-refractivity contribution < 1.29 is 5.11 Å². The second-order valence-electron chi connectivity index (χ2n) is 4.95. The van der Waals surface area contributed by atoms with Crippen molar-refractivity contribution in [2.75, 3.05) is 6.61 Å². The van der Waals surface area contributed by atoms with E-state index in [0.29, 0.717) is 0 Å². The fourth-order valence-electron chi connectivity index (χ4n) is 1.94. The molecule has 2 aromatic rings. The highest BCUT2D eigenvalue weighted by Gasteiger charge is 2.23. The normalized spacial score (nSPS) is 14.3. The van der Waals surface area contributed by atoms with Crippen LogP contribution in [0.25, 0.3) is 0 Å². The zero-order chi connectivity index (χ0) is 13.7. The molecular weight excluding hydrogens is 322 g/mol. The zero-order valence-electron chi connectivity index (χ0n) is 10.9. The molecule has 1 aromatic heterocycles. The van der Waals surface area contributed by atoms with E-state index in [1.165, 1.54) is 10.4 Å². The Bertz CT molecular complexity index is 497. The molecule has 1 heterocycles. The van der Waals surface area contributed by atoms with E-state index in [1.807, 2.05) is 18.2 Å². The lowest BCUT2D eigenvalue weighted by atomic mass is 9.93. The summed E-state index contributed by atoms with van der Waals surface area (Å²) in [4.78, 5) is 1.29. The van der Waals surface area contributed by atoms with Gasteiger partial charge in [0.15, 0.2) is 0 Å². The number of nitrogens with one attached hydrogen (secondary N) is 1.